The van der Waals surface area contributed by atoms with Crippen molar-refractivity contribution in [1.82, 2.24) is 4.98 Å². The standard InChI is InChI=1S/C9H6O2.C7H5NO/c10-9-6-5-7-3-1-2-4-8(7)11-9;1-2-4-7-6(3-1)8-5-9-7/h1-6H;1-5H. The Balaban J connectivity index is 0.000000123. The third-order valence-electron chi connectivity index (χ3n) is 2.77. The normalized spacial score (nSPS) is 10.2. The van der Waals surface area contributed by atoms with Crippen molar-refractivity contribution in [2.45, 2.75) is 0 Å². The summed E-state index contributed by atoms with van der Waals surface area (Å²) in [5.74, 6) is 0. The second-order valence-electron chi connectivity index (χ2n) is 4.11. The van der Waals surface area contributed by atoms with Crippen LogP contribution < -0.4 is 5.63 Å². The predicted molar refractivity (Wildman–Crippen MR) is 76.5 cm³/mol. The monoisotopic (exact) mass is 265 g/mol. The molecule has 0 unspecified atom stereocenters. The average molecular weight is 265 g/mol. The highest BCUT2D eigenvalue weighted by Gasteiger charge is 1.92. The van der Waals surface area contributed by atoms with Crippen LogP contribution in [0.3, 0.4) is 0 Å². The van der Waals surface area contributed by atoms with Crippen LogP contribution in [0.4, 0.5) is 0 Å². The summed E-state index contributed by atoms with van der Waals surface area (Å²) in [6.45, 7) is 0. The fourth-order valence-electron chi connectivity index (χ4n) is 1.81. The van der Waals surface area contributed by atoms with Crippen LogP contribution in [-0.2, 0) is 0 Å². The molecule has 0 saturated heterocycles. The summed E-state index contributed by atoms with van der Waals surface area (Å²) in [7, 11) is 0. The van der Waals surface area contributed by atoms with E-state index in [1.807, 2.05) is 42.5 Å². The van der Waals surface area contributed by atoms with Crippen LogP contribution in [0, 0.1) is 0 Å². The molecule has 0 saturated carbocycles. The van der Waals surface area contributed by atoms with E-state index in [4.69, 9.17) is 8.83 Å². The molecule has 0 aliphatic heterocycles. The number of benzene rings is 2. The molecular weight excluding hydrogens is 254 g/mol. The van der Waals surface area contributed by atoms with Crippen LogP contribution >= 0.6 is 0 Å². The second kappa shape index (κ2) is 5.40. The fourth-order valence-corrected chi connectivity index (χ4v) is 1.81. The summed E-state index contributed by atoms with van der Waals surface area (Å²) in [5.41, 5.74) is 2.10. The van der Waals surface area contributed by atoms with Gasteiger partial charge < -0.3 is 8.83 Å². The SMILES string of the molecule is O=c1ccc2ccccc2o1.c1ccc2ocnc2c1. The fraction of sp³-hybridized carbons (Fsp3) is 0. The van der Waals surface area contributed by atoms with Crippen molar-refractivity contribution in [3.05, 3.63) is 77.5 Å². The molecule has 0 bridgehead atoms. The van der Waals surface area contributed by atoms with E-state index >= 15 is 0 Å². The Bertz CT molecular complexity index is 862. The number of oxazole rings is 1. The van der Waals surface area contributed by atoms with Crippen molar-refractivity contribution in [1.29, 1.82) is 0 Å². The second-order valence-corrected chi connectivity index (χ2v) is 4.11. The summed E-state index contributed by atoms with van der Waals surface area (Å²) in [6, 6.07) is 18.3. The minimum absolute atomic E-state index is 0.302. The van der Waals surface area contributed by atoms with E-state index in [1.165, 1.54) is 12.5 Å². The molecule has 0 aliphatic carbocycles. The Morgan fingerprint density at radius 2 is 1.55 bits per heavy atom. The first-order chi connectivity index (χ1) is 9.83. The number of aromatic nitrogens is 1. The van der Waals surface area contributed by atoms with Gasteiger partial charge in [-0.2, -0.15) is 0 Å². The highest BCUT2D eigenvalue weighted by molar-refractivity contribution is 5.75. The van der Waals surface area contributed by atoms with E-state index in [9.17, 15) is 4.79 Å². The molecule has 0 atom stereocenters. The minimum atomic E-state index is -0.302. The molecule has 2 aromatic carbocycles. The van der Waals surface area contributed by atoms with Crippen molar-refractivity contribution in [3.63, 3.8) is 0 Å². The van der Waals surface area contributed by atoms with Gasteiger partial charge in [-0.05, 0) is 24.3 Å². The van der Waals surface area contributed by atoms with E-state index < -0.39 is 0 Å². The van der Waals surface area contributed by atoms with Gasteiger partial charge in [0.1, 0.15) is 11.1 Å². The van der Waals surface area contributed by atoms with Gasteiger partial charge >= 0.3 is 5.63 Å². The van der Waals surface area contributed by atoms with E-state index in [2.05, 4.69) is 4.98 Å². The van der Waals surface area contributed by atoms with Crippen LogP contribution in [0.1, 0.15) is 0 Å². The van der Waals surface area contributed by atoms with E-state index in [1.54, 1.807) is 12.1 Å². The maximum atomic E-state index is 10.7. The first-order valence-electron chi connectivity index (χ1n) is 6.10. The molecule has 4 heteroatoms. The molecule has 0 fully saturated rings. The number of nitrogens with zero attached hydrogens (tertiary/aromatic N) is 1. The molecule has 0 aliphatic rings. The summed E-state index contributed by atoms with van der Waals surface area (Å²) < 4.78 is 9.91. The topological polar surface area (TPSA) is 56.2 Å². The Morgan fingerprint density at radius 3 is 2.40 bits per heavy atom. The molecule has 0 radical (unpaired) electrons. The van der Waals surface area contributed by atoms with Crippen LogP contribution in [0.5, 0.6) is 0 Å². The highest BCUT2D eigenvalue weighted by atomic mass is 16.4. The Labute approximate surface area is 114 Å². The van der Waals surface area contributed by atoms with Gasteiger partial charge in [0.05, 0.1) is 0 Å². The molecule has 4 nitrogen and oxygen atoms in total. The lowest BCUT2D eigenvalue weighted by Crippen LogP contribution is -1.93. The lowest BCUT2D eigenvalue weighted by atomic mass is 10.2. The maximum Gasteiger partial charge on any atom is 0.336 e. The van der Waals surface area contributed by atoms with Gasteiger partial charge in [0.2, 0.25) is 0 Å². The molecular formula is C16H11NO3. The van der Waals surface area contributed by atoms with Crippen LogP contribution in [0.25, 0.3) is 22.1 Å². The molecule has 0 spiro atoms. The van der Waals surface area contributed by atoms with Crippen LogP contribution in [-0.4, -0.2) is 4.98 Å². The van der Waals surface area contributed by atoms with Crippen molar-refractivity contribution < 1.29 is 8.83 Å². The van der Waals surface area contributed by atoms with Crippen LogP contribution in [0.15, 0.2) is 80.7 Å². The van der Waals surface area contributed by atoms with Gasteiger partial charge in [0, 0.05) is 11.5 Å². The average Bonchev–Trinajstić information content (AvgIpc) is 2.96. The van der Waals surface area contributed by atoms with Crippen molar-refractivity contribution in [2.24, 2.45) is 0 Å². The lowest BCUT2D eigenvalue weighted by Gasteiger charge is -1.91. The maximum absolute atomic E-state index is 10.7. The molecule has 0 amide bonds. The zero-order valence-electron chi connectivity index (χ0n) is 10.5. The summed E-state index contributed by atoms with van der Waals surface area (Å²) >= 11 is 0. The molecule has 2 aromatic heterocycles. The van der Waals surface area contributed by atoms with Gasteiger partial charge in [-0.25, -0.2) is 9.78 Å². The summed E-state index contributed by atoms with van der Waals surface area (Å²) in [6.07, 6.45) is 1.45. The quantitative estimate of drug-likeness (QED) is 0.456. The molecule has 2 heterocycles. The van der Waals surface area contributed by atoms with Gasteiger partial charge in [0.25, 0.3) is 0 Å². The number of para-hydroxylation sites is 3. The largest absolute Gasteiger partial charge is 0.443 e. The van der Waals surface area contributed by atoms with E-state index in [0.717, 1.165) is 16.5 Å². The third-order valence-corrected chi connectivity index (χ3v) is 2.77. The Morgan fingerprint density at radius 1 is 0.800 bits per heavy atom. The van der Waals surface area contributed by atoms with Gasteiger partial charge in [-0.3, -0.25) is 0 Å². The number of hydrogen-bond acceptors (Lipinski definition) is 4. The lowest BCUT2D eigenvalue weighted by molar-refractivity contribution is 0.561. The number of rotatable bonds is 0. The first-order valence-corrected chi connectivity index (χ1v) is 6.10. The zero-order valence-corrected chi connectivity index (χ0v) is 10.5. The molecule has 0 N–H and O–H groups in total. The summed E-state index contributed by atoms with van der Waals surface area (Å²) in [5, 5.41) is 0.951. The number of fused-ring (bicyclic) bond motifs is 2. The smallest absolute Gasteiger partial charge is 0.336 e. The van der Waals surface area contributed by atoms with Gasteiger partial charge in [-0.1, -0.05) is 30.3 Å². The third kappa shape index (κ3) is 2.59. The zero-order chi connectivity index (χ0) is 13.8. The Kier molecular flexibility index (Phi) is 3.29. The molecule has 20 heavy (non-hydrogen) atoms. The predicted octanol–water partition coefficient (Wildman–Crippen LogP) is 3.62. The van der Waals surface area contributed by atoms with Crippen molar-refractivity contribution >= 4 is 22.1 Å². The van der Waals surface area contributed by atoms with Gasteiger partial charge in [-0.15, -0.1) is 0 Å². The van der Waals surface area contributed by atoms with E-state index in [0.29, 0.717) is 5.58 Å². The summed E-state index contributed by atoms with van der Waals surface area (Å²) in [4.78, 5) is 14.7. The Hall–Kier alpha value is -2.88. The minimum Gasteiger partial charge on any atom is -0.443 e. The number of hydrogen-bond donors (Lipinski definition) is 0. The first kappa shape index (κ1) is 12.2. The van der Waals surface area contributed by atoms with E-state index in [-0.39, 0.29) is 5.63 Å². The molecule has 4 rings (SSSR count). The van der Waals surface area contributed by atoms with Crippen molar-refractivity contribution in [2.75, 3.05) is 0 Å². The van der Waals surface area contributed by atoms with Crippen LogP contribution in [0.2, 0.25) is 0 Å². The van der Waals surface area contributed by atoms with Gasteiger partial charge in [0.15, 0.2) is 12.0 Å². The highest BCUT2D eigenvalue weighted by Crippen LogP contribution is 2.09. The molecule has 98 valence electrons. The van der Waals surface area contributed by atoms with Crippen molar-refractivity contribution in [3.8, 4) is 0 Å². The molecule has 4 aromatic rings.